The second-order valence-electron chi connectivity index (χ2n) is 22.3. The van der Waals surface area contributed by atoms with Crippen LogP contribution in [-0.4, -0.2) is 37.2 Å². The van der Waals surface area contributed by atoms with Gasteiger partial charge in [0.1, 0.15) is 13.2 Å². The van der Waals surface area contributed by atoms with Gasteiger partial charge in [-0.25, -0.2) is 0 Å². The number of unbranched alkanes of at least 4 members (excludes halogenated alkanes) is 45. The molecule has 1 unspecified atom stereocenters. The van der Waals surface area contributed by atoms with Crippen molar-refractivity contribution in [3.8, 4) is 0 Å². The number of carbonyl (C=O) groups is 3. The Balaban J connectivity index is 4.23. The SMILES string of the molecule is CCCCCCCCCCCCCCCCCCCC(=O)O[C@H](COC(=O)CCCCCCCCCCCCCCC)COC(=O)CCCCCCCCCCCCCCCCCCCCC(C)CC. The fourth-order valence-corrected chi connectivity index (χ4v) is 9.95. The van der Waals surface area contributed by atoms with Crippen LogP contribution in [0, 0.1) is 5.92 Å². The fraction of sp³-hybridized carbons (Fsp3) is 0.953. The van der Waals surface area contributed by atoms with Crippen molar-refractivity contribution >= 4 is 17.9 Å². The van der Waals surface area contributed by atoms with Gasteiger partial charge in [-0.15, -0.1) is 0 Å². The second-order valence-corrected chi connectivity index (χ2v) is 22.3. The van der Waals surface area contributed by atoms with Crippen LogP contribution in [-0.2, 0) is 28.6 Å². The first kappa shape index (κ1) is 68.4. The lowest BCUT2D eigenvalue weighted by atomic mass is 9.99. The highest BCUT2D eigenvalue weighted by Gasteiger charge is 2.19. The molecular weight excluding hydrogens is 865 g/mol. The average Bonchev–Trinajstić information content (AvgIpc) is 3.36. The van der Waals surface area contributed by atoms with Gasteiger partial charge in [-0.2, -0.15) is 0 Å². The van der Waals surface area contributed by atoms with E-state index in [1.807, 2.05) is 0 Å². The smallest absolute Gasteiger partial charge is 0.306 e. The number of hydrogen-bond acceptors (Lipinski definition) is 6. The minimum atomic E-state index is -0.762. The highest BCUT2D eigenvalue weighted by Crippen LogP contribution is 2.19. The summed E-state index contributed by atoms with van der Waals surface area (Å²) in [6.45, 7) is 9.13. The molecule has 0 N–H and O–H groups in total. The maximum absolute atomic E-state index is 12.9. The number of hydrogen-bond donors (Lipinski definition) is 0. The van der Waals surface area contributed by atoms with Crippen molar-refractivity contribution in [1.29, 1.82) is 0 Å². The van der Waals surface area contributed by atoms with Gasteiger partial charge in [0.25, 0.3) is 0 Å². The van der Waals surface area contributed by atoms with Crippen LogP contribution in [0.15, 0.2) is 0 Å². The summed E-state index contributed by atoms with van der Waals surface area (Å²) in [5.41, 5.74) is 0. The molecule has 0 aromatic carbocycles. The Labute approximate surface area is 438 Å². The minimum Gasteiger partial charge on any atom is -0.462 e. The maximum atomic E-state index is 12.9. The second kappa shape index (κ2) is 58.3. The Morgan fingerprint density at radius 3 is 0.743 bits per heavy atom. The van der Waals surface area contributed by atoms with E-state index in [9.17, 15) is 14.4 Å². The summed E-state index contributed by atoms with van der Waals surface area (Å²) < 4.78 is 16.9. The monoisotopic (exact) mass is 989 g/mol. The summed E-state index contributed by atoms with van der Waals surface area (Å²) in [4.78, 5) is 38.3. The van der Waals surface area contributed by atoms with Gasteiger partial charge in [0.2, 0.25) is 0 Å². The minimum absolute atomic E-state index is 0.0611. The molecule has 0 aliphatic heterocycles. The molecule has 70 heavy (non-hydrogen) atoms. The molecule has 0 aliphatic rings. The molecule has 0 amide bonds. The molecule has 416 valence electrons. The molecule has 0 fully saturated rings. The van der Waals surface area contributed by atoms with Crippen molar-refractivity contribution in [3.05, 3.63) is 0 Å². The van der Waals surface area contributed by atoms with Crippen LogP contribution < -0.4 is 0 Å². The Kier molecular flexibility index (Phi) is 57.0. The molecule has 0 bridgehead atoms. The lowest BCUT2D eigenvalue weighted by molar-refractivity contribution is -0.167. The third-order valence-electron chi connectivity index (χ3n) is 15.2. The van der Waals surface area contributed by atoms with E-state index in [2.05, 4.69) is 27.7 Å². The van der Waals surface area contributed by atoms with E-state index in [1.165, 1.54) is 263 Å². The Bertz CT molecular complexity index is 1060. The number of esters is 3. The number of carbonyl (C=O) groups excluding carboxylic acids is 3. The predicted octanol–water partition coefficient (Wildman–Crippen LogP) is 21.4. The third-order valence-corrected chi connectivity index (χ3v) is 15.2. The van der Waals surface area contributed by atoms with Gasteiger partial charge in [0, 0.05) is 19.3 Å². The Morgan fingerprint density at radius 1 is 0.286 bits per heavy atom. The quantitative estimate of drug-likeness (QED) is 0.0343. The van der Waals surface area contributed by atoms with Crippen molar-refractivity contribution in [2.75, 3.05) is 13.2 Å². The fourth-order valence-electron chi connectivity index (χ4n) is 9.95. The molecule has 0 aromatic rings. The number of rotatable bonds is 59. The van der Waals surface area contributed by atoms with E-state index in [-0.39, 0.29) is 31.1 Å². The molecule has 2 atom stereocenters. The van der Waals surface area contributed by atoms with Crippen LogP contribution in [0.2, 0.25) is 0 Å². The van der Waals surface area contributed by atoms with Crippen molar-refractivity contribution in [1.82, 2.24) is 0 Å². The summed E-state index contributed by atoms with van der Waals surface area (Å²) in [5, 5.41) is 0. The molecular formula is C64H124O6. The van der Waals surface area contributed by atoms with Crippen molar-refractivity contribution < 1.29 is 28.6 Å². The topological polar surface area (TPSA) is 78.9 Å². The normalized spacial score (nSPS) is 12.3. The summed E-state index contributed by atoms with van der Waals surface area (Å²) >= 11 is 0. The van der Waals surface area contributed by atoms with E-state index in [0.29, 0.717) is 19.3 Å². The molecule has 0 saturated heterocycles. The zero-order chi connectivity index (χ0) is 50.9. The zero-order valence-electron chi connectivity index (χ0n) is 48.0. The molecule has 0 heterocycles. The van der Waals surface area contributed by atoms with E-state index in [0.717, 1.165) is 63.7 Å². The van der Waals surface area contributed by atoms with Gasteiger partial charge >= 0.3 is 17.9 Å². The van der Waals surface area contributed by atoms with Gasteiger partial charge in [0.15, 0.2) is 6.10 Å². The van der Waals surface area contributed by atoms with Gasteiger partial charge in [-0.3, -0.25) is 14.4 Å². The van der Waals surface area contributed by atoms with Crippen molar-refractivity contribution in [2.24, 2.45) is 5.92 Å². The summed E-state index contributed by atoms with van der Waals surface area (Å²) in [6.07, 6.45) is 65.3. The highest BCUT2D eigenvalue weighted by molar-refractivity contribution is 5.71. The van der Waals surface area contributed by atoms with Crippen molar-refractivity contribution in [3.63, 3.8) is 0 Å². The molecule has 6 heteroatoms. The molecule has 0 spiro atoms. The summed E-state index contributed by atoms with van der Waals surface area (Å²) in [7, 11) is 0. The molecule has 6 nitrogen and oxygen atoms in total. The summed E-state index contributed by atoms with van der Waals surface area (Å²) in [6, 6.07) is 0. The van der Waals surface area contributed by atoms with E-state index in [4.69, 9.17) is 14.2 Å². The number of ether oxygens (including phenoxy) is 3. The average molecular weight is 990 g/mol. The van der Waals surface area contributed by atoms with E-state index >= 15 is 0 Å². The molecule has 0 radical (unpaired) electrons. The largest absolute Gasteiger partial charge is 0.462 e. The molecule has 0 rings (SSSR count). The first-order valence-electron chi connectivity index (χ1n) is 31.9. The van der Waals surface area contributed by atoms with Gasteiger partial charge in [-0.05, 0) is 25.2 Å². The zero-order valence-corrected chi connectivity index (χ0v) is 48.0. The van der Waals surface area contributed by atoms with E-state index in [1.54, 1.807) is 0 Å². The lowest BCUT2D eigenvalue weighted by Gasteiger charge is -2.18. The van der Waals surface area contributed by atoms with Crippen LogP contribution in [0.4, 0.5) is 0 Å². The van der Waals surface area contributed by atoms with Gasteiger partial charge in [0.05, 0.1) is 0 Å². The van der Waals surface area contributed by atoms with Crippen LogP contribution in [0.25, 0.3) is 0 Å². The molecule has 0 aliphatic carbocycles. The first-order chi connectivity index (χ1) is 34.4. The van der Waals surface area contributed by atoms with Gasteiger partial charge in [-0.1, -0.05) is 329 Å². The first-order valence-corrected chi connectivity index (χ1v) is 31.9. The van der Waals surface area contributed by atoms with Crippen LogP contribution in [0.1, 0.15) is 368 Å². The standard InChI is InChI=1S/C64H124O6/c1-5-8-10-12-14-16-18-20-21-24-29-33-37-41-45-49-53-57-64(67)70-61(58-68-62(65)55-51-47-43-39-35-30-19-17-15-13-11-9-6-2)59-69-63(66)56-52-48-44-40-36-32-28-26-23-22-25-27-31-34-38-42-46-50-54-60(4)7-3/h60-61H,5-59H2,1-4H3/t60?,61-/m1/s1. The molecule has 0 aromatic heterocycles. The van der Waals surface area contributed by atoms with Gasteiger partial charge < -0.3 is 14.2 Å². The Hall–Kier alpha value is -1.59. The van der Waals surface area contributed by atoms with Crippen molar-refractivity contribution in [2.45, 2.75) is 374 Å². The lowest BCUT2D eigenvalue weighted by Crippen LogP contribution is -2.30. The molecule has 0 saturated carbocycles. The van der Waals surface area contributed by atoms with Crippen LogP contribution in [0.5, 0.6) is 0 Å². The summed E-state index contributed by atoms with van der Waals surface area (Å²) in [5.74, 6) is 0.0820. The highest BCUT2D eigenvalue weighted by atomic mass is 16.6. The van der Waals surface area contributed by atoms with E-state index < -0.39 is 6.10 Å². The predicted molar refractivity (Wildman–Crippen MR) is 303 cm³/mol. The Morgan fingerprint density at radius 2 is 0.500 bits per heavy atom. The van der Waals surface area contributed by atoms with Crippen LogP contribution in [0.3, 0.4) is 0 Å². The van der Waals surface area contributed by atoms with Crippen LogP contribution >= 0.6 is 0 Å². The maximum Gasteiger partial charge on any atom is 0.306 e. The third kappa shape index (κ3) is 55.7.